The van der Waals surface area contributed by atoms with Crippen LogP contribution in [0, 0.1) is 0 Å². The fourth-order valence-electron chi connectivity index (χ4n) is 3.34. The summed E-state index contributed by atoms with van der Waals surface area (Å²) >= 11 is 0. The van der Waals surface area contributed by atoms with E-state index in [1.807, 2.05) is 30.3 Å². The van der Waals surface area contributed by atoms with Crippen LogP contribution < -0.4 is 0 Å². The summed E-state index contributed by atoms with van der Waals surface area (Å²) in [5.41, 5.74) is 1.92. The van der Waals surface area contributed by atoms with Crippen LogP contribution in [0.25, 0.3) is 10.9 Å². The van der Waals surface area contributed by atoms with Crippen molar-refractivity contribution in [3.63, 3.8) is 0 Å². The van der Waals surface area contributed by atoms with E-state index < -0.39 is 11.7 Å². The van der Waals surface area contributed by atoms with Crippen LogP contribution in [0.3, 0.4) is 0 Å². The van der Waals surface area contributed by atoms with Crippen molar-refractivity contribution >= 4 is 10.9 Å². The van der Waals surface area contributed by atoms with E-state index in [9.17, 15) is 13.2 Å². The van der Waals surface area contributed by atoms with Crippen LogP contribution in [-0.2, 0) is 12.6 Å². The van der Waals surface area contributed by atoms with Gasteiger partial charge in [-0.25, -0.2) is 9.67 Å². The first-order chi connectivity index (χ1) is 13.5. The highest BCUT2D eigenvalue weighted by atomic mass is 19.4. The number of halogens is 3. The van der Waals surface area contributed by atoms with Crippen LogP contribution in [0.2, 0.25) is 0 Å². The normalized spacial score (nSPS) is 13.0. The molecule has 0 radical (unpaired) electrons. The standard InChI is InChI=1S/C21H17F3N4/c22-21(23,24)18-5-1-3-15(11-18)6-9-20(28-14-25-13-27-28)17-7-8-19-16(12-17)4-2-10-26-19/h1-5,7-8,10-14,20H,6,9H2. The molecule has 0 spiro atoms. The van der Waals surface area contributed by atoms with Crippen LogP contribution in [0.1, 0.15) is 29.2 Å². The van der Waals surface area contributed by atoms with Crippen LogP contribution >= 0.6 is 0 Å². The van der Waals surface area contributed by atoms with Gasteiger partial charge in [0, 0.05) is 11.6 Å². The molecule has 0 aliphatic heterocycles. The summed E-state index contributed by atoms with van der Waals surface area (Å²) in [6.07, 6.45) is 1.57. The number of aryl methyl sites for hydroxylation is 1. The maximum absolute atomic E-state index is 13.0. The van der Waals surface area contributed by atoms with Gasteiger partial charge in [0.2, 0.25) is 0 Å². The first-order valence-electron chi connectivity index (χ1n) is 8.85. The minimum atomic E-state index is -4.34. The zero-order chi connectivity index (χ0) is 19.6. The van der Waals surface area contributed by atoms with Crippen molar-refractivity contribution in [2.45, 2.75) is 25.1 Å². The monoisotopic (exact) mass is 382 g/mol. The van der Waals surface area contributed by atoms with Crippen LogP contribution in [0.5, 0.6) is 0 Å². The van der Waals surface area contributed by atoms with Gasteiger partial charge in [0.25, 0.3) is 0 Å². The van der Waals surface area contributed by atoms with Gasteiger partial charge in [0.15, 0.2) is 0 Å². The van der Waals surface area contributed by atoms with E-state index in [0.29, 0.717) is 18.4 Å². The molecule has 4 nitrogen and oxygen atoms in total. The lowest BCUT2D eigenvalue weighted by Gasteiger charge is -2.18. The third-order valence-corrected chi connectivity index (χ3v) is 4.73. The fourth-order valence-corrected chi connectivity index (χ4v) is 3.34. The Labute approximate surface area is 159 Å². The summed E-state index contributed by atoms with van der Waals surface area (Å²) in [5, 5.41) is 5.26. The fraction of sp³-hybridized carbons (Fsp3) is 0.190. The second kappa shape index (κ2) is 7.42. The quantitative estimate of drug-likeness (QED) is 0.484. The van der Waals surface area contributed by atoms with Gasteiger partial charge in [0.05, 0.1) is 17.1 Å². The average Bonchev–Trinajstić information content (AvgIpc) is 3.22. The molecule has 0 fully saturated rings. The number of fused-ring (bicyclic) bond motifs is 1. The topological polar surface area (TPSA) is 43.6 Å². The maximum Gasteiger partial charge on any atom is 0.416 e. The molecule has 0 aliphatic rings. The van der Waals surface area contributed by atoms with Crippen LogP contribution in [-0.4, -0.2) is 19.7 Å². The molecule has 1 unspecified atom stereocenters. The Hall–Kier alpha value is -3.22. The van der Waals surface area contributed by atoms with E-state index in [4.69, 9.17) is 0 Å². The number of hydrogen-bond donors (Lipinski definition) is 0. The molecule has 0 saturated heterocycles. The van der Waals surface area contributed by atoms with E-state index in [1.165, 1.54) is 18.5 Å². The molecular formula is C21H17F3N4. The summed E-state index contributed by atoms with van der Waals surface area (Å²) in [6.45, 7) is 0. The third-order valence-electron chi connectivity index (χ3n) is 4.73. The number of rotatable bonds is 5. The minimum absolute atomic E-state index is 0.137. The Balaban J connectivity index is 1.62. The van der Waals surface area contributed by atoms with Crippen molar-refractivity contribution in [1.29, 1.82) is 0 Å². The summed E-state index contributed by atoms with van der Waals surface area (Å²) < 4.78 is 40.7. The van der Waals surface area contributed by atoms with Gasteiger partial charge in [-0.3, -0.25) is 4.98 Å². The van der Waals surface area contributed by atoms with Crippen molar-refractivity contribution in [1.82, 2.24) is 19.7 Å². The second-order valence-electron chi connectivity index (χ2n) is 6.58. The molecule has 142 valence electrons. The molecule has 0 saturated carbocycles. The lowest BCUT2D eigenvalue weighted by atomic mass is 9.97. The smallest absolute Gasteiger partial charge is 0.256 e. The Morgan fingerprint density at radius 3 is 2.68 bits per heavy atom. The minimum Gasteiger partial charge on any atom is -0.256 e. The van der Waals surface area contributed by atoms with Gasteiger partial charge in [-0.2, -0.15) is 18.3 Å². The number of benzene rings is 2. The molecule has 4 aromatic rings. The Kier molecular flexibility index (Phi) is 4.81. The van der Waals surface area contributed by atoms with Crippen molar-refractivity contribution in [2.75, 3.05) is 0 Å². The maximum atomic E-state index is 13.0. The average molecular weight is 382 g/mol. The van der Waals surface area contributed by atoms with Gasteiger partial charge in [-0.05, 0) is 48.2 Å². The molecule has 1 atom stereocenters. The Morgan fingerprint density at radius 1 is 1.00 bits per heavy atom. The highest BCUT2D eigenvalue weighted by Crippen LogP contribution is 2.31. The SMILES string of the molecule is FC(F)(F)c1cccc(CCC(c2ccc3ncccc3c2)n2cncn2)c1. The predicted molar refractivity (Wildman–Crippen MR) is 99.7 cm³/mol. The van der Waals surface area contributed by atoms with E-state index in [2.05, 4.69) is 15.1 Å². The lowest BCUT2D eigenvalue weighted by molar-refractivity contribution is -0.137. The van der Waals surface area contributed by atoms with Gasteiger partial charge in [-0.1, -0.05) is 30.3 Å². The van der Waals surface area contributed by atoms with Crippen LogP contribution in [0.15, 0.2) is 73.4 Å². The molecule has 0 N–H and O–H groups in total. The zero-order valence-corrected chi connectivity index (χ0v) is 14.8. The van der Waals surface area contributed by atoms with E-state index in [1.54, 1.807) is 23.3 Å². The molecule has 0 amide bonds. The van der Waals surface area contributed by atoms with E-state index >= 15 is 0 Å². The Morgan fingerprint density at radius 2 is 1.89 bits per heavy atom. The molecule has 0 aliphatic carbocycles. The highest BCUT2D eigenvalue weighted by Gasteiger charge is 2.30. The molecule has 28 heavy (non-hydrogen) atoms. The van der Waals surface area contributed by atoms with Crippen molar-refractivity contribution in [3.8, 4) is 0 Å². The van der Waals surface area contributed by atoms with Crippen molar-refractivity contribution in [3.05, 3.63) is 90.1 Å². The van der Waals surface area contributed by atoms with Gasteiger partial charge in [0.1, 0.15) is 12.7 Å². The molecule has 0 bridgehead atoms. The molecule has 2 aromatic heterocycles. The van der Waals surface area contributed by atoms with Gasteiger partial charge >= 0.3 is 6.18 Å². The van der Waals surface area contributed by atoms with Gasteiger partial charge in [-0.15, -0.1) is 0 Å². The zero-order valence-electron chi connectivity index (χ0n) is 14.8. The lowest BCUT2D eigenvalue weighted by Crippen LogP contribution is -2.13. The second-order valence-corrected chi connectivity index (χ2v) is 6.58. The number of pyridine rings is 1. The van der Waals surface area contributed by atoms with E-state index in [0.717, 1.165) is 22.5 Å². The summed E-state index contributed by atoms with van der Waals surface area (Å²) in [4.78, 5) is 8.35. The van der Waals surface area contributed by atoms with Crippen molar-refractivity contribution < 1.29 is 13.2 Å². The van der Waals surface area contributed by atoms with Crippen molar-refractivity contribution in [2.24, 2.45) is 0 Å². The number of hydrogen-bond acceptors (Lipinski definition) is 3. The summed E-state index contributed by atoms with van der Waals surface area (Å²) in [5.74, 6) is 0. The van der Waals surface area contributed by atoms with E-state index in [-0.39, 0.29) is 6.04 Å². The Bertz CT molecular complexity index is 1070. The number of aromatic nitrogens is 4. The molecule has 2 heterocycles. The summed E-state index contributed by atoms with van der Waals surface area (Å²) in [7, 11) is 0. The summed E-state index contributed by atoms with van der Waals surface area (Å²) in [6, 6.07) is 15.2. The van der Waals surface area contributed by atoms with Crippen LogP contribution in [0.4, 0.5) is 13.2 Å². The third kappa shape index (κ3) is 3.88. The largest absolute Gasteiger partial charge is 0.416 e. The van der Waals surface area contributed by atoms with Gasteiger partial charge < -0.3 is 0 Å². The molecular weight excluding hydrogens is 365 g/mol. The molecule has 2 aromatic carbocycles. The highest BCUT2D eigenvalue weighted by molar-refractivity contribution is 5.79. The number of alkyl halides is 3. The number of nitrogens with zero attached hydrogens (tertiary/aromatic N) is 4. The predicted octanol–water partition coefficient (Wildman–Crippen LogP) is 5.07. The first-order valence-corrected chi connectivity index (χ1v) is 8.85. The molecule has 7 heteroatoms. The molecule has 4 rings (SSSR count). The first kappa shape index (κ1) is 18.2.